The van der Waals surface area contributed by atoms with E-state index in [-0.39, 0.29) is 0 Å². The molecule has 110 valence electrons. The molecule has 4 aromatic rings. The zero-order chi connectivity index (χ0) is 15.8. The standard InChI is InChI=1S/C18H12N4O/c19-10-12-5-6-14(9-15(12)13-7-8-23-11-13)22-17-4-2-1-3-16(17)21-18(22)20/h1-9,11H,(H2,20,21). The van der Waals surface area contributed by atoms with Crippen molar-refractivity contribution < 1.29 is 4.42 Å². The van der Waals surface area contributed by atoms with E-state index < -0.39 is 0 Å². The van der Waals surface area contributed by atoms with Crippen molar-refractivity contribution in [3.8, 4) is 22.9 Å². The molecule has 0 atom stereocenters. The summed E-state index contributed by atoms with van der Waals surface area (Å²) < 4.78 is 7.01. The summed E-state index contributed by atoms with van der Waals surface area (Å²) in [5.74, 6) is 0.411. The molecule has 0 aliphatic rings. The first-order valence-electron chi connectivity index (χ1n) is 7.08. The number of nitriles is 1. The first kappa shape index (κ1) is 13.2. The molecule has 5 heteroatoms. The molecule has 0 fully saturated rings. The van der Waals surface area contributed by atoms with Gasteiger partial charge in [0, 0.05) is 16.8 Å². The SMILES string of the molecule is N#Cc1ccc(-n2c(N)nc3ccccc32)cc1-c1ccoc1. The first-order chi connectivity index (χ1) is 11.3. The van der Waals surface area contributed by atoms with Crippen molar-refractivity contribution in [3.63, 3.8) is 0 Å². The van der Waals surface area contributed by atoms with Crippen LogP contribution in [0, 0.1) is 11.3 Å². The fraction of sp³-hybridized carbons (Fsp3) is 0. The van der Waals surface area contributed by atoms with Crippen LogP contribution in [0.4, 0.5) is 5.95 Å². The Labute approximate surface area is 132 Å². The maximum atomic E-state index is 9.34. The zero-order valence-electron chi connectivity index (χ0n) is 12.1. The Bertz CT molecular complexity index is 1040. The van der Waals surface area contributed by atoms with Crippen molar-refractivity contribution in [1.82, 2.24) is 9.55 Å². The lowest BCUT2D eigenvalue weighted by Gasteiger charge is -2.09. The number of aromatic nitrogens is 2. The van der Waals surface area contributed by atoms with Crippen LogP contribution in [0.2, 0.25) is 0 Å². The third-order valence-corrected chi connectivity index (χ3v) is 3.80. The Morgan fingerprint density at radius 2 is 2.00 bits per heavy atom. The van der Waals surface area contributed by atoms with Gasteiger partial charge in [0.2, 0.25) is 5.95 Å². The van der Waals surface area contributed by atoms with Gasteiger partial charge in [-0.05, 0) is 36.4 Å². The van der Waals surface area contributed by atoms with Gasteiger partial charge in [-0.1, -0.05) is 12.1 Å². The van der Waals surface area contributed by atoms with Crippen molar-refractivity contribution in [2.45, 2.75) is 0 Å². The summed E-state index contributed by atoms with van der Waals surface area (Å²) in [5, 5.41) is 9.34. The van der Waals surface area contributed by atoms with E-state index in [1.807, 2.05) is 47.0 Å². The highest BCUT2D eigenvalue weighted by atomic mass is 16.3. The number of hydrogen-bond donors (Lipinski definition) is 1. The fourth-order valence-corrected chi connectivity index (χ4v) is 2.74. The van der Waals surface area contributed by atoms with Gasteiger partial charge < -0.3 is 10.2 Å². The topological polar surface area (TPSA) is 80.8 Å². The van der Waals surface area contributed by atoms with Gasteiger partial charge in [0.1, 0.15) is 0 Å². The zero-order valence-corrected chi connectivity index (χ0v) is 12.1. The van der Waals surface area contributed by atoms with E-state index in [1.165, 1.54) is 0 Å². The van der Waals surface area contributed by atoms with Crippen molar-refractivity contribution in [2.24, 2.45) is 0 Å². The fourth-order valence-electron chi connectivity index (χ4n) is 2.74. The van der Waals surface area contributed by atoms with Crippen LogP contribution in [0.1, 0.15) is 5.56 Å². The smallest absolute Gasteiger partial charge is 0.205 e. The van der Waals surface area contributed by atoms with E-state index in [0.29, 0.717) is 11.5 Å². The molecule has 0 aliphatic carbocycles. The average molecular weight is 300 g/mol. The number of hydrogen-bond acceptors (Lipinski definition) is 4. The van der Waals surface area contributed by atoms with Gasteiger partial charge in [0.05, 0.1) is 35.2 Å². The predicted molar refractivity (Wildman–Crippen MR) is 87.9 cm³/mol. The van der Waals surface area contributed by atoms with Crippen LogP contribution in [-0.4, -0.2) is 9.55 Å². The maximum absolute atomic E-state index is 9.34. The molecular weight excluding hydrogens is 288 g/mol. The Balaban J connectivity index is 1.98. The summed E-state index contributed by atoms with van der Waals surface area (Å²) in [5.41, 5.74) is 10.9. The lowest BCUT2D eigenvalue weighted by Crippen LogP contribution is -2.01. The Morgan fingerprint density at radius 3 is 2.78 bits per heavy atom. The number of nitrogens with two attached hydrogens (primary N) is 1. The van der Waals surface area contributed by atoms with Crippen molar-refractivity contribution >= 4 is 17.0 Å². The van der Waals surface area contributed by atoms with E-state index in [4.69, 9.17) is 10.2 Å². The molecule has 2 aromatic heterocycles. The first-order valence-corrected chi connectivity index (χ1v) is 7.08. The summed E-state index contributed by atoms with van der Waals surface area (Å²) in [6.07, 6.45) is 3.21. The molecule has 0 radical (unpaired) electrons. The highest BCUT2D eigenvalue weighted by molar-refractivity contribution is 5.82. The molecule has 0 spiro atoms. The minimum absolute atomic E-state index is 0.411. The molecule has 0 saturated heterocycles. The number of imidazole rings is 1. The van der Waals surface area contributed by atoms with Crippen molar-refractivity contribution in [3.05, 3.63) is 66.6 Å². The lowest BCUT2D eigenvalue weighted by atomic mass is 10.0. The Kier molecular flexibility index (Phi) is 2.88. The molecule has 5 nitrogen and oxygen atoms in total. The monoisotopic (exact) mass is 300 g/mol. The summed E-state index contributed by atoms with van der Waals surface area (Å²) in [6.45, 7) is 0. The van der Waals surface area contributed by atoms with E-state index in [9.17, 15) is 5.26 Å². The summed E-state index contributed by atoms with van der Waals surface area (Å²) in [7, 11) is 0. The quantitative estimate of drug-likeness (QED) is 0.611. The number of nitrogen functional groups attached to an aromatic ring is 1. The van der Waals surface area contributed by atoms with E-state index >= 15 is 0 Å². The molecule has 23 heavy (non-hydrogen) atoms. The molecule has 2 heterocycles. The molecule has 0 bridgehead atoms. The Morgan fingerprint density at radius 1 is 1.13 bits per heavy atom. The van der Waals surface area contributed by atoms with Crippen LogP contribution < -0.4 is 5.73 Å². The molecule has 0 aliphatic heterocycles. The third kappa shape index (κ3) is 2.05. The molecular formula is C18H12N4O. The van der Waals surface area contributed by atoms with Crippen LogP contribution in [0.25, 0.3) is 27.8 Å². The molecule has 2 aromatic carbocycles. The van der Waals surface area contributed by atoms with Gasteiger partial charge in [0.25, 0.3) is 0 Å². The largest absolute Gasteiger partial charge is 0.472 e. The second-order valence-corrected chi connectivity index (χ2v) is 5.15. The van der Waals surface area contributed by atoms with Gasteiger partial charge in [-0.25, -0.2) is 4.98 Å². The number of fused-ring (bicyclic) bond motifs is 1. The molecule has 0 unspecified atom stereocenters. The van der Waals surface area contributed by atoms with Crippen LogP contribution in [0.15, 0.2) is 65.5 Å². The summed E-state index contributed by atoms with van der Waals surface area (Å²) in [4.78, 5) is 4.38. The van der Waals surface area contributed by atoms with Crippen LogP contribution in [-0.2, 0) is 0 Å². The van der Waals surface area contributed by atoms with Gasteiger partial charge >= 0.3 is 0 Å². The van der Waals surface area contributed by atoms with E-state index in [2.05, 4.69) is 11.1 Å². The summed E-state index contributed by atoms with van der Waals surface area (Å²) >= 11 is 0. The van der Waals surface area contributed by atoms with Gasteiger partial charge in [-0.15, -0.1) is 0 Å². The van der Waals surface area contributed by atoms with E-state index in [0.717, 1.165) is 27.8 Å². The lowest BCUT2D eigenvalue weighted by molar-refractivity contribution is 0.568. The van der Waals surface area contributed by atoms with Crippen LogP contribution in [0.3, 0.4) is 0 Å². The predicted octanol–water partition coefficient (Wildman–Crippen LogP) is 3.74. The second-order valence-electron chi connectivity index (χ2n) is 5.15. The Hall–Kier alpha value is -3.52. The van der Waals surface area contributed by atoms with Crippen LogP contribution in [0.5, 0.6) is 0 Å². The minimum atomic E-state index is 0.411. The second kappa shape index (κ2) is 5.04. The number of furan rings is 1. The van der Waals surface area contributed by atoms with E-state index in [1.54, 1.807) is 18.6 Å². The van der Waals surface area contributed by atoms with Crippen molar-refractivity contribution in [1.29, 1.82) is 5.26 Å². The highest BCUT2D eigenvalue weighted by Crippen LogP contribution is 2.29. The van der Waals surface area contributed by atoms with Gasteiger partial charge in [-0.2, -0.15) is 5.26 Å². The third-order valence-electron chi connectivity index (χ3n) is 3.80. The number of anilines is 1. The van der Waals surface area contributed by atoms with Gasteiger partial charge in [0.15, 0.2) is 0 Å². The van der Waals surface area contributed by atoms with Crippen molar-refractivity contribution in [2.75, 3.05) is 5.73 Å². The molecule has 2 N–H and O–H groups in total. The molecule has 0 saturated carbocycles. The van der Waals surface area contributed by atoms with Crippen LogP contribution >= 0.6 is 0 Å². The summed E-state index contributed by atoms with van der Waals surface area (Å²) in [6, 6.07) is 17.4. The average Bonchev–Trinajstić information content (AvgIpc) is 3.21. The number of nitrogens with zero attached hydrogens (tertiary/aromatic N) is 3. The number of benzene rings is 2. The number of rotatable bonds is 2. The maximum Gasteiger partial charge on any atom is 0.205 e. The normalized spacial score (nSPS) is 10.7. The minimum Gasteiger partial charge on any atom is -0.472 e. The molecule has 4 rings (SSSR count). The number of para-hydroxylation sites is 2. The molecule has 0 amide bonds. The highest BCUT2D eigenvalue weighted by Gasteiger charge is 2.13. The van der Waals surface area contributed by atoms with Gasteiger partial charge in [-0.3, -0.25) is 4.57 Å².